The lowest BCUT2D eigenvalue weighted by Gasteiger charge is -2.17. The van der Waals surface area contributed by atoms with Crippen molar-refractivity contribution in [2.75, 3.05) is 0 Å². The van der Waals surface area contributed by atoms with E-state index in [9.17, 15) is 13.2 Å². The van der Waals surface area contributed by atoms with Crippen molar-refractivity contribution in [3.8, 4) is 0 Å². The molecular formula is C16H17ClN2O3S. The van der Waals surface area contributed by atoms with Gasteiger partial charge in [-0.15, -0.1) is 0 Å². The lowest BCUT2D eigenvalue weighted by Crippen LogP contribution is -2.27. The van der Waals surface area contributed by atoms with Crippen LogP contribution in [-0.2, 0) is 10.0 Å². The van der Waals surface area contributed by atoms with Gasteiger partial charge in [-0.3, -0.25) is 4.79 Å². The number of aryl methyl sites for hydroxylation is 1. The molecule has 0 bridgehead atoms. The Balaban J connectivity index is 2.27. The highest BCUT2D eigenvalue weighted by Crippen LogP contribution is 2.22. The van der Waals surface area contributed by atoms with E-state index in [0.29, 0.717) is 0 Å². The molecule has 1 amide bonds. The van der Waals surface area contributed by atoms with E-state index in [1.807, 2.05) is 38.1 Å². The maximum atomic E-state index is 12.3. The minimum absolute atomic E-state index is 0.0176. The first kappa shape index (κ1) is 17.5. The molecule has 0 aliphatic rings. The Kier molecular flexibility index (Phi) is 5.09. The van der Waals surface area contributed by atoms with Crippen LogP contribution in [0.25, 0.3) is 0 Å². The Labute approximate surface area is 140 Å². The molecule has 0 saturated heterocycles. The highest BCUT2D eigenvalue weighted by Gasteiger charge is 2.18. The lowest BCUT2D eigenvalue weighted by atomic mass is 10.0. The molecule has 0 fully saturated rings. The van der Waals surface area contributed by atoms with Gasteiger partial charge in [0.1, 0.15) is 4.90 Å². The van der Waals surface area contributed by atoms with Crippen LogP contribution in [-0.4, -0.2) is 14.3 Å². The molecule has 1 unspecified atom stereocenters. The van der Waals surface area contributed by atoms with Crippen molar-refractivity contribution in [3.05, 3.63) is 64.2 Å². The van der Waals surface area contributed by atoms with Crippen LogP contribution in [0.2, 0.25) is 5.02 Å². The van der Waals surface area contributed by atoms with Gasteiger partial charge in [0.05, 0.1) is 11.1 Å². The maximum absolute atomic E-state index is 12.3. The van der Waals surface area contributed by atoms with Gasteiger partial charge in [0, 0.05) is 5.56 Å². The fraction of sp³-hybridized carbons (Fsp3) is 0.188. The lowest BCUT2D eigenvalue weighted by molar-refractivity contribution is 0.0939. The summed E-state index contributed by atoms with van der Waals surface area (Å²) in [4.78, 5) is 12.1. The third-order valence-electron chi connectivity index (χ3n) is 3.50. The van der Waals surface area contributed by atoms with Gasteiger partial charge < -0.3 is 5.32 Å². The van der Waals surface area contributed by atoms with E-state index in [-0.39, 0.29) is 21.5 Å². The third-order valence-corrected chi connectivity index (χ3v) is 4.89. The standard InChI is InChI=1S/C16H17ClN2O3S/c1-10-5-3-4-6-13(10)11(2)19-16(20)12-7-8-14(17)15(9-12)23(18,21)22/h3-9,11H,1-2H3,(H,19,20)(H2,18,21,22). The highest BCUT2D eigenvalue weighted by atomic mass is 35.5. The topological polar surface area (TPSA) is 89.3 Å². The van der Waals surface area contributed by atoms with Crippen molar-refractivity contribution in [2.24, 2.45) is 5.14 Å². The number of amides is 1. The molecule has 0 aliphatic carbocycles. The first-order valence-corrected chi connectivity index (χ1v) is 8.81. The van der Waals surface area contributed by atoms with Crippen molar-refractivity contribution in [1.29, 1.82) is 0 Å². The van der Waals surface area contributed by atoms with Gasteiger partial charge in [-0.1, -0.05) is 35.9 Å². The molecule has 23 heavy (non-hydrogen) atoms. The minimum atomic E-state index is -3.99. The smallest absolute Gasteiger partial charge is 0.251 e. The van der Waals surface area contributed by atoms with Gasteiger partial charge in [0.25, 0.3) is 5.91 Å². The van der Waals surface area contributed by atoms with Crippen LogP contribution in [0.5, 0.6) is 0 Å². The molecule has 0 saturated carbocycles. The Morgan fingerprint density at radius 2 is 1.87 bits per heavy atom. The Morgan fingerprint density at radius 3 is 2.48 bits per heavy atom. The van der Waals surface area contributed by atoms with Crippen molar-refractivity contribution < 1.29 is 13.2 Å². The molecule has 0 heterocycles. The summed E-state index contributed by atoms with van der Waals surface area (Å²) in [7, 11) is -3.99. The molecule has 0 aliphatic heterocycles. The number of carbonyl (C=O) groups excluding carboxylic acids is 1. The van der Waals surface area contributed by atoms with Crippen molar-refractivity contribution >= 4 is 27.5 Å². The normalized spacial score (nSPS) is 12.7. The van der Waals surface area contributed by atoms with Crippen LogP contribution in [0.15, 0.2) is 47.4 Å². The Morgan fingerprint density at radius 1 is 1.22 bits per heavy atom. The number of nitrogens with two attached hydrogens (primary N) is 1. The molecule has 0 aromatic heterocycles. The second kappa shape index (κ2) is 6.70. The van der Waals surface area contributed by atoms with Gasteiger partial charge in [0.15, 0.2) is 0 Å². The molecule has 0 radical (unpaired) electrons. The van der Waals surface area contributed by atoms with E-state index >= 15 is 0 Å². The van der Waals surface area contributed by atoms with E-state index in [0.717, 1.165) is 11.1 Å². The average Bonchev–Trinajstić information content (AvgIpc) is 2.46. The van der Waals surface area contributed by atoms with Crippen LogP contribution in [0.4, 0.5) is 0 Å². The second-order valence-corrected chi connectivity index (χ2v) is 7.18. The second-order valence-electron chi connectivity index (χ2n) is 5.24. The largest absolute Gasteiger partial charge is 0.346 e. The molecule has 2 aromatic rings. The number of sulfonamides is 1. The fourth-order valence-electron chi connectivity index (χ4n) is 2.29. The predicted octanol–water partition coefficient (Wildman–Crippen LogP) is 2.79. The van der Waals surface area contributed by atoms with Gasteiger partial charge in [-0.25, -0.2) is 13.6 Å². The molecule has 2 aromatic carbocycles. The monoisotopic (exact) mass is 352 g/mol. The van der Waals surface area contributed by atoms with Crippen LogP contribution in [0.1, 0.15) is 34.5 Å². The number of halogens is 1. The first-order chi connectivity index (χ1) is 10.7. The zero-order valence-electron chi connectivity index (χ0n) is 12.7. The van der Waals surface area contributed by atoms with Gasteiger partial charge >= 0.3 is 0 Å². The summed E-state index contributed by atoms with van der Waals surface area (Å²) in [5, 5.41) is 7.91. The molecule has 3 N–H and O–H groups in total. The zero-order valence-corrected chi connectivity index (χ0v) is 14.3. The SMILES string of the molecule is Cc1ccccc1C(C)NC(=O)c1ccc(Cl)c(S(N)(=O)=O)c1. The van der Waals surface area contributed by atoms with Crippen molar-refractivity contribution in [2.45, 2.75) is 24.8 Å². The number of carbonyl (C=O) groups is 1. The van der Waals surface area contributed by atoms with Crippen LogP contribution < -0.4 is 10.5 Å². The number of hydrogen-bond acceptors (Lipinski definition) is 3. The van der Waals surface area contributed by atoms with E-state index in [2.05, 4.69) is 5.32 Å². The summed E-state index contributed by atoms with van der Waals surface area (Å²) in [6.07, 6.45) is 0. The highest BCUT2D eigenvalue weighted by molar-refractivity contribution is 7.89. The Hall–Kier alpha value is -1.89. The van der Waals surface area contributed by atoms with E-state index in [1.165, 1.54) is 18.2 Å². The Bertz CT molecular complexity index is 850. The van der Waals surface area contributed by atoms with E-state index in [4.69, 9.17) is 16.7 Å². The number of nitrogens with one attached hydrogen (secondary N) is 1. The summed E-state index contributed by atoms with van der Waals surface area (Å²) in [5.41, 5.74) is 2.22. The number of benzene rings is 2. The number of primary sulfonamides is 1. The molecule has 0 spiro atoms. The van der Waals surface area contributed by atoms with Gasteiger partial charge in [-0.2, -0.15) is 0 Å². The summed E-state index contributed by atoms with van der Waals surface area (Å²) < 4.78 is 23.0. The van der Waals surface area contributed by atoms with Crippen LogP contribution >= 0.6 is 11.6 Å². The summed E-state index contributed by atoms with van der Waals surface area (Å²) in [5.74, 6) is -0.401. The van der Waals surface area contributed by atoms with Gasteiger partial charge in [0.2, 0.25) is 10.0 Å². The van der Waals surface area contributed by atoms with Crippen LogP contribution in [0.3, 0.4) is 0 Å². The van der Waals surface area contributed by atoms with Crippen molar-refractivity contribution in [1.82, 2.24) is 5.32 Å². The summed E-state index contributed by atoms with van der Waals surface area (Å²) in [6, 6.07) is 11.5. The van der Waals surface area contributed by atoms with Crippen LogP contribution in [0, 0.1) is 6.92 Å². The number of hydrogen-bond donors (Lipinski definition) is 2. The molecule has 1 atom stereocenters. The maximum Gasteiger partial charge on any atom is 0.251 e. The summed E-state index contributed by atoms with van der Waals surface area (Å²) in [6.45, 7) is 3.82. The predicted molar refractivity (Wildman–Crippen MR) is 89.9 cm³/mol. The third kappa shape index (κ3) is 4.10. The minimum Gasteiger partial charge on any atom is -0.346 e. The number of rotatable bonds is 4. The molecule has 122 valence electrons. The molecule has 5 nitrogen and oxygen atoms in total. The average molecular weight is 353 g/mol. The quantitative estimate of drug-likeness (QED) is 0.886. The van der Waals surface area contributed by atoms with E-state index in [1.54, 1.807) is 0 Å². The van der Waals surface area contributed by atoms with E-state index < -0.39 is 15.9 Å². The summed E-state index contributed by atoms with van der Waals surface area (Å²) >= 11 is 5.82. The first-order valence-electron chi connectivity index (χ1n) is 6.89. The van der Waals surface area contributed by atoms with Crippen molar-refractivity contribution in [3.63, 3.8) is 0 Å². The fourth-order valence-corrected chi connectivity index (χ4v) is 3.36. The van der Waals surface area contributed by atoms with Gasteiger partial charge in [-0.05, 0) is 43.2 Å². The molecule has 7 heteroatoms. The zero-order chi connectivity index (χ0) is 17.2. The molecule has 2 rings (SSSR count). The molecular weight excluding hydrogens is 336 g/mol.